The minimum absolute atomic E-state index is 0.525. The summed E-state index contributed by atoms with van der Waals surface area (Å²) < 4.78 is 4.25. The lowest BCUT2D eigenvalue weighted by atomic mass is 9.89. The van der Waals surface area contributed by atoms with Gasteiger partial charge in [0, 0.05) is 26.8 Å². The topological polar surface area (TPSA) is 12.5 Å². The molecule has 1 aliphatic heterocycles. The first-order valence-electron chi connectivity index (χ1n) is 8.48. The Morgan fingerprint density at radius 2 is 1.52 bits per heavy atom. The third kappa shape index (κ3) is 5.81. The van der Waals surface area contributed by atoms with E-state index < -0.39 is 0 Å². The summed E-state index contributed by atoms with van der Waals surface area (Å²) >= 11 is 0. The minimum Gasteiger partial charge on any atom is -0.388 e. The molecule has 0 spiro atoms. The molecule has 0 aliphatic carbocycles. The van der Waals surface area contributed by atoms with Crippen molar-refractivity contribution in [2.45, 2.75) is 32.7 Å². The molecule has 2 aromatic rings. The molecule has 0 fully saturated rings. The van der Waals surface area contributed by atoms with E-state index in [-0.39, 0.29) is 0 Å². The molecule has 2 heteroatoms. The van der Waals surface area contributed by atoms with Crippen LogP contribution in [0.5, 0.6) is 0 Å². The van der Waals surface area contributed by atoms with E-state index in [1.165, 1.54) is 23.1 Å². The van der Waals surface area contributed by atoms with Crippen LogP contribution in [0, 0.1) is 0 Å². The normalized spacial score (nSPS) is 16.3. The molecule has 23 heavy (non-hydrogen) atoms. The summed E-state index contributed by atoms with van der Waals surface area (Å²) in [5, 5.41) is 0. The summed E-state index contributed by atoms with van der Waals surface area (Å²) in [5.41, 5.74) is 4.46. The summed E-state index contributed by atoms with van der Waals surface area (Å²) in [6, 6.07) is 20.2. The summed E-state index contributed by atoms with van der Waals surface area (Å²) in [4.78, 5) is 2.48. The van der Waals surface area contributed by atoms with Gasteiger partial charge in [-0.15, -0.1) is 0 Å². The molecule has 1 atom stereocenters. The van der Waals surface area contributed by atoms with Gasteiger partial charge < -0.3 is 4.74 Å². The Labute approximate surface area is 142 Å². The predicted molar refractivity (Wildman–Crippen MR) is 99.9 cm³/mol. The molecule has 0 saturated heterocycles. The lowest BCUT2D eigenvalue weighted by molar-refractivity contribution is 0.229. The van der Waals surface area contributed by atoms with Crippen LogP contribution in [-0.2, 0) is 17.6 Å². The van der Waals surface area contributed by atoms with E-state index in [4.69, 9.17) is 0 Å². The van der Waals surface area contributed by atoms with E-state index >= 15 is 0 Å². The fraction of sp³-hybridized carbons (Fsp3) is 0.429. The lowest BCUT2D eigenvalue weighted by Gasteiger charge is -2.34. The van der Waals surface area contributed by atoms with Crippen LogP contribution in [0.1, 0.15) is 36.6 Å². The van der Waals surface area contributed by atoms with Crippen LogP contribution in [0.25, 0.3) is 0 Å². The second kappa shape index (κ2) is 11.0. The third-order valence-corrected chi connectivity index (χ3v) is 3.95. The molecule has 1 unspecified atom stereocenters. The maximum absolute atomic E-state index is 4.25. The zero-order chi connectivity index (χ0) is 17.1. The Balaban J connectivity index is 0.000000477. The van der Waals surface area contributed by atoms with Gasteiger partial charge in [0.15, 0.2) is 0 Å². The highest BCUT2D eigenvalue weighted by molar-refractivity contribution is 5.34. The van der Waals surface area contributed by atoms with Gasteiger partial charge >= 0.3 is 0 Å². The predicted octanol–water partition coefficient (Wildman–Crippen LogP) is 4.75. The van der Waals surface area contributed by atoms with Crippen LogP contribution in [0.3, 0.4) is 0 Å². The number of likely N-dealkylation sites (N-methyl/N-ethyl adjacent to an activating group) is 1. The maximum Gasteiger partial charge on any atom is 0.0388 e. The molecule has 1 heterocycles. The molecule has 2 aromatic carbocycles. The van der Waals surface area contributed by atoms with Crippen LogP contribution in [0.4, 0.5) is 0 Å². The van der Waals surface area contributed by atoms with Crippen LogP contribution in [-0.4, -0.2) is 32.7 Å². The first-order chi connectivity index (χ1) is 11.3. The van der Waals surface area contributed by atoms with E-state index in [0.717, 1.165) is 13.0 Å². The van der Waals surface area contributed by atoms with E-state index in [1.807, 2.05) is 13.8 Å². The number of benzene rings is 2. The molecule has 1 aliphatic rings. The monoisotopic (exact) mass is 313 g/mol. The van der Waals surface area contributed by atoms with Crippen LogP contribution < -0.4 is 0 Å². The summed E-state index contributed by atoms with van der Waals surface area (Å²) in [5.74, 6) is 0. The molecular formula is C21H31NO. The van der Waals surface area contributed by atoms with Crippen LogP contribution >= 0.6 is 0 Å². The van der Waals surface area contributed by atoms with Gasteiger partial charge in [0.05, 0.1) is 0 Å². The van der Waals surface area contributed by atoms with E-state index in [1.54, 1.807) is 14.2 Å². The number of rotatable bonds is 2. The zero-order valence-corrected chi connectivity index (χ0v) is 15.3. The van der Waals surface area contributed by atoms with Crippen molar-refractivity contribution in [1.29, 1.82) is 0 Å². The molecule has 0 amide bonds. The van der Waals surface area contributed by atoms with Crippen molar-refractivity contribution in [2.75, 3.05) is 27.8 Å². The molecular weight excluding hydrogens is 282 g/mol. The van der Waals surface area contributed by atoms with Crippen molar-refractivity contribution in [2.24, 2.45) is 0 Å². The van der Waals surface area contributed by atoms with Gasteiger partial charge in [-0.25, -0.2) is 0 Å². The first kappa shape index (κ1) is 19.4. The average Bonchev–Trinajstić information content (AvgIpc) is 2.61. The van der Waals surface area contributed by atoms with E-state index in [2.05, 4.69) is 71.3 Å². The molecule has 0 saturated carbocycles. The van der Waals surface area contributed by atoms with Crippen LogP contribution in [0.15, 0.2) is 54.6 Å². The maximum atomic E-state index is 4.25. The molecule has 0 bridgehead atoms. The standard InChI is InChI=1S/C17H19N.C2H6O.C2H6/c1-18-12-11-15-9-5-6-10-16(15)17(18)13-14-7-3-2-4-8-14;1-3-2;1-2/h2-10,17H,11-13H2,1H3;1-2H3;1-2H3. The van der Waals surface area contributed by atoms with Crippen molar-refractivity contribution < 1.29 is 4.74 Å². The number of fused-ring (bicyclic) bond motifs is 1. The lowest BCUT2D eigenvalue weighted by Crippen LogP contribution is -2.33. The second-order valence-corrected chi connectivity index (χ2v) is 5.54. The highest BCUT2D eigenvalue weighted by Crippen LogP contribution is 2.31. The highest BCUT2D eigenvalue weighted by Gasteiger charge is 2.24. The van der Waals surface area contributed by atoms with Crippen molar-refractivity contribution in [3.05, 3.63) is 71.3 Å². The minimum atomic E-state index is 0.525. The number of nitrogens with zero attached hydrogens (tertiary/aromatic N) is 1. The van der Waals surface area contributed by atoms with Crippen molar-refractivity contribution in [1.82, 2.24) is 4.90 Å². The van der Waals surface area contributed by atoms with Gasteiger partial charge in [0.1, 0.15) is 0 Å². The molecule has 0 aromatic heterocycles. The number of hydrogen-bond acceptors (Lipinski definition) is 2. The Kier molecular flexibility index (Phi) is 9.27. The quantitative estimate of drug-likeness (QED) is 0.793. The largest absolute Gasteiger partial charge is 0.388 e. The van der Waals surface area contributed by atoms with E-state index in [0.29, 0.717) is 6.04 Å². The Morgan fingerprint density at radius 1 is 0.957 bits per heavy atom. The SMILES string of the molecule is CC.CN1CCc2ccccc2C1Cc1ccccc1.COC. The highest BCUT2D eigenvalue weighted by atomic mass is 16.4. The van der Waals surface area contributed by atoms with Gasteiger partial charge in [-0.05, 0) is 36.6 Å². The van der Waals surface area contributed by atoms with Crippen molar-refractivity contribution >= 4 is 0 Å². The smallest absolute Gasteiger partial charge is 0.0388 e. The van der Waals surface area contributed by atoms with Crippen molar-refractivity contribution in [3.8, 4) is 0 Å². The number of methoxy groups -OCH3 is 1. The fourth-order valence-corrected chi connectivity index (χ4v) is 2.88. The summed E-state index contributed by atoms with van der Waals surface area (Å²) in [6.45, 7) is 5.16. The summed E-state index contributed by atoms with van der Waals surface area (Å²) in [6.07, 6.45) is 2.28. The van der Waals surface area contributed by atoms with Crippen LogP contribution in [0.2, 0.25) is 0 Å². The van der Waals surface area contributed by atoms with Gasteiger partial charge in [0.25, 0.3) is 0 Å². The fourth-order valence-electron chi connectivity index (χ4n) is 2.88. The summed E-state index contributed by atoms with van der Waals surface area (Å²) in [7, 11) is 5.49. The molecule has 126 valence electrons. The molecule has 0 N–H and O–H groups in total. The average molecular weight is 313 g/mol. The third-order valence-electron chi connectivity index (χ3n) is 3.95. The first-order valence-corrected chi connectivity index (χ1v) is 8.48. The van der Waals surface area contributed by atoms with Gasteiger partial charge in [0.2, 0.25) is 0 Å². The Bertz CT molecular complexity index is 539. The molecule has 0 radical (unpaired) electrons. The molecule has 2 nitrogen and oxygen atoms in total. The van der Waals surface area contributed by atoms with E-state index in [9.17, 15) is 0 Å². The van der Waals surface area contributed by atoms with Gasteiger partial charge in [-0.2, -0.15) is 0 Å². The van der Waals surface area contributed by atoms with Gasteiger partial charge in [-0.1, -0.05) is 68.4 Å². The zero-order valence-electron chi connectivity index (χ0n) is 15.3. The number of hydrogen-bond donors (Lipinski definition) is 0. The van der Waals surface area contributed by atoms with Gasteiger partial charge in [-0.3, -0.25) is 4.90 Å². The Hall–Kier alpha value is -1.64. The number of ether oxygens (including phenoxy) is 1. The second-order valence-electron chi connectivity index (χ2n) is 5.54. The molecule has 3 rings (SSSR count). The van der Waals surface area contributed by atoms with Crippen molar-refractivity contribution in [3.63, 3.8) is 0 Å². The Morgan fingerprint density at radius 3 is 2.17 bits per heavy atom.